The van der Waals surface area contributed by atoms with E-state index in [1.807, 2.05) is 0 Å². The summed E-state index contributed by atoms with van der Waals surface area (Å²) in [5, 5.41) is 4.85. The average molecular weight is 549 g/mol. The largest absolute Gasteiger partial charge is 0.451 e. The minimum Gasteiger partial charge on any atom is -0.451 e. The van der Waals surface area contributed by atoms with Gasteiger partial charge in [-0.15, -0.1) is 5.10 Å². The van der Waals surface area contributed by atoms with Crippen LogP contribution in [0.2, 0.25) is 10.0 Å². The highest BCUT2D eigenvalue weighted by Gasteiger charge is 2.21. The molecule has 0 saturated carbocycles. The van der Waals surface area contributed by atoms with Gasteiger partial charge >= 0.3 is 5.97 Å². The molecule has 0 spiro atoms. The van der Waals surface area contributed by atoms with Crippen LogP contribution in [0.5, 0.6) is 0 Å². The molecule has 33 heavy (non-hydrogen) atoms. The van der Waals surface area contributed by atoms with Crippen LogP contribution in [0, 0.1) is 5.82 Å². The van der Waals surface area contributed by atoms with Gasteiger partial charge in [0.25, 0.3) is 5.82 Å². The van der Waals surface area contributed by atoms with Crippen molar-refractivity contribution in [2.45, 2.75) is 0 Å². The number of rotatable bonds is 6. The predicted octanol–water partition coefficient (Wildman–Crippen LogP) is 6.18. The van der Waals surface area contributed by atoms with Gasteiger partial charge in [-0.25, -0.2) is 18.9 Å². The molecule has 0 amide bonds. The van der Waals surface area contributed by atoms with Crippen LogP contribution in [0.1, 0.15) is 21.0 Å². The standard InChI is InChI=1S/C23H13BrCl2FN3O3/c24-15-5-1-13(2-6-15)20(31)12-33-23(32)21-28-22(14-3-7-16(27)8-4-14)30(29-21)17-9-10-18(25)19(26)11-17/h1-11H,12H2. The quantitative estimate of drug-likeness (QED) is 0.212. The molecule has 166 valence electrons. The zero-order chi connectivity index (χ0) is 23.5. The SMILES string of the molecule is O=C(COC(=O)c1nc(-c2ccc(F)cc2)n(-c2ccc(Cl)c(Cl)c2)n1)c1ccc(Br)cc1. The molecule has 4 rings (SSSR count). The van der Waals surface area contributed by atoms with Crippen molar-refractivity contribution >= 4 is 50.9 Å². The minimum absolute atomic E-state index is 0.250. The van der Waals surface area contributed by atoms with Crippen LogP contribution in [0.4, 0.5) is 4.39 Å². The van der Waals surface area contributed by atoms with Crippen LogP contribution in [0.25, 0.3) is 17.1 Å². The number of carbonyl (C=O) groups is 2. The van der Waals surface area contributed by atoms with Gasteiger partial charge in [0.2, 0.25) is 0 Å². The Kier molecular flexibility index (Phi) is 6.88. The number of carbonyl (C=O) groups excluding carboxylic acids is 2. The van der Waals surface area contributed by atoms with Crippen LogP contribution in [0.15, 0.2) is 71.2 Å². The normalized spacial score (nSPS) is 10.8. The summed E-state index contributed by atoms with van der Waals surface area (Å²) in [6, 6.07) is 16.9. The highest BCUT2D eigenvalue weighted by atomic mass is 79.9. The van der Waals surface area contributed by atoms with Crippen molar-refractivity contribution in [1.82, 2.24) is 14.8 Å². The lowest BCUT2D eigenvalue weighted by Gasteiger charge is -2.07. The lowest BCUT2D eigenvalue weighted by atomic mass is 10.1. The van der Waals surface area contributed by atoms with Gasteiger partial charge in [0.15, 0.2) is 18.2 Å². The van der Waals surface area contributed by atoms with Crippen molar-refractivity contribution in [3.05, 3.63) is 98.5 Å². The van der Waals surface area contributed by atoms with Crippen LogP contribution < -0.4 is 0 Å². The molecule has 1 aromatic heterocycles. The Bertz CT molecular complexity index is 1340. The molecule has 0 fully saturated rings. The van der Waals surface area contributed by atoms with E-state index in [0.29, 0.717) is 21.8 Å². The number of ether oxygens (including phenoxy) is 1. The van der Waals surface area contributed by atoms with Crippen molar-refractivity contribution in [2.24, 2.45) is 0 Å². The van der Waals surface area contributed by atoms with Crippen LogP contribution in [-0.4, -0.2) is 33.1 Å². The Morgan fingerprint density at radius 3 is 2.33 bits per heavy atom. The van der Waals surface area contributed by atoms with Crippen LogP contribution >= 0.6 is 39.1 Å². The molecular weight excluding hydrogens is 536 g/mol. The first-order chi connectivity index (χ1) is 15.8. The number of Topliss-reactive ketones (excluding diaryl/α,β-unsaturated/α-hetero) is 1. The number of nitrogens with zero attached hydrogens (tertiary/aromatic N) is 3. The minimum atomic E-state index is -0.886. The Morgan fingerprint density at radius 1 is 0.970 bits per heavy atom. The topological polar surface area (TPSA) is 74.1 Å². The van der Waals surface area contributed by atoms with E-state index in [1.54, 1.807) is 42.5 Å². The van der Waals surface area contributed by atoms with E-state index in [-0.39, 0.29) is 22.5 Å². The first kappa shape index (κ1) is 23.1. The molecule has 0 N–H and O–H groups in total. The van der Waals surface area contributed by atoms with Gasteiger partial charge in [0.05, 0.1) is 15.7 Å². The number of hydrogen-bond acceptors (Lipinski definition) is 5. The zero-order valence-electron chi connectivity index (χ0n) is 16.6. The van der Waals surface area contributed by atoms with Crippen molar-refractivity contribution < 1.29 is 18.7 Å². The Morgan fingerprint density at radius 2 is 1.67 bits per heavy atom. The summed E-state index contributed by atoms with van der Waals surface area (Å²) in [6.45, 7) is -0.479. The summed E-state index contributed by atoms with van der Waals surface area (Å²) in [5.74, 6) is -1.71. The highest BCUT2D eigenvalue weighted by molar-refractivity contribution is 9.10. The predicted molar refractivity (Wildman–Crippen MR) is 126 cm³/mol. The third-order valence-electron chi connectivity index (χ3n) is 4.54. The molecule has 4 aromatic rings. The van der Waals surface area contributed by atoms with Crippen molar-refractivity contribution in [1.29, 1.82) is 0 Å². The molecular formula is C23H13BrCl2FN3O3. The molecule has 0 bridgehead atoms. The maximum absolute atomic E-state index is 13.4. The van der Waals surface area contributed by atoms with Gasteiger partial charge in [-0.3, -0.25) is 4.79 Å². The smallest absolute Gasteiger partial charge is 0.378 e. The van der Waals surface area contributed by atoms with Gasteiger partial charge in [0.1, 0.15) is 5.82 Å². The first-order valence-corrected chi connectivity index (χ1v) is 11.0. The number of esters is 1. The summed E-state index contributed by atoms with van der Waals surface area (Å²) >= 11 is 15.4. The van der Waals surface area contributed by atoms with E-state index in [1.165, 1.54) is 28.9 Å². The lowest BCUT2D eigenvalue weighted by molar-refractivity contribution is 0.0462. The molecule has 6 nitrogen and oxygen atoms in total. The Labute approximate surface area is 206 Å². The molecule has 0 atom stereocenters. The van der Waals surface area contributed by atoms with Gasteiger partial charge in [0, 0.05) is 15.6 Å². The average Bonchev–Trinajstić information content (AvgIpc) is 3.25. The van der Waals surface area contributed by atoms with Crippen molar-refractivity contribution in [3.63, 3.8) is 0 Å². The van der Waals surface area contributed by atoms with E-state index in [0.717, 1.165) is 4.47 Å². The fraction of sp³-hybridized carbons (Fsp3) is 0.0435. The molecule has 1 heterocycles. The van der Waals surface area contributed by atoms with Gasteiger partial charge < -0.3 is 4.74 Å². The highest BCUT2D eigenvalue weighted by Crippen LogP contribution is 2.27. The maximum Gasteiger partial charge on any atom is 0.378 e. The number of aromatic nitrogens is 3. The number of hydrogen-bond donors (Lipinski definition) is 0. The van der Waals surface area contributed by atoms with E-state index in [4.69, 9.17) is 27.9 Å². The Balaban J connectivity index is 1.63. The third kappa shape index (κ3) is 5.30. The number of halogens is 4. The van der Waals surface area contributed by atoms with Crippen LogP contribution in [-0.2, 0) is 4.74 Å². The summed E-state index contributed by atoms with van der Waals surface area (Å²) < 4.78 is 20.7. The second kappa shape index (κ2) is 9.82. The molecule has 0 unspecified atom stereocenters. The van der Waals surface area contributed by atoms with E-state index < -0.39 is 18.4 Å². The maximum atomic E-state index is 13.4. The first-order valence-electron chi connectivity index (χ1n) is 9.46. The second-order valence-corrected chi connectivity index (χ2v) is 8.51. The van der Waals surface area contributed by atoms with Gasteiger partial charge in [-0.1, -0.05) is 51.3 Å². The van der Waals surface area contributed by atoms with Crippen molar-refractivity contribution in [3.8, 4) is 17.1 Å². The number of ketones is 1. The molecule has 0 aliphatic rings. The third-order valence-corrected chi connectivity index (χ3v) is 5.81. The molecule has 3 aromatic carbocycles. The van der Waals surface area contributed by atoms with Crippen molar-refractivity contribution in [2.75, 3.05) is 6.61 Å². The second-order valence-electron chi connectivity index (χ2n) is 6.78. The summed E-state index contributed by atoms with van der Waals surface area (Å²) in [5.41, 5.74) is 1.37. The molecule has 0 aliphatic carbocycles. The number of benzene rings is 3. The summed E-state index contributed by atoms with van der Waals surface area (Å²) in [7, 11) is 0. The van der Waals surface area contributed by atoms with E-state index in [2.05, 4.69) is 26.0 Å². The van der Waals surface area contributed by atoms with E-state index >= 15 is 0 Å². The van der Waals surface area contributed by atoms with Gasteiger partial charge in [-0.05, 0) is 54.6 Å². The monoisotopic (exact) mass is 547 g/mol. The summed E-state index contributed by atoms with van der Waals surface area (Å²) in [4.78, 5) is 29.2. The fourth-order valence-electron chi connectivity index (χ4n) is 2.90. The summed E-state index contributed by atoms with van der Waals surface area (Å²) in [6.07, 6.45) is 0. The van der Waals surface area contributed by atoms with Gasteiger partial charge in [-0.2, -0.15) is 0 Å². The lowest BCUT2D eigenvalue weighted by Crippen LogP contribution is -2.15. The zero-order valence-corrected chi connectivity index (χ0v) is 19.7. The molecule has 0 aliphatic heterocycles. The molecule has 0 saturated heterocycles. The van der Waals surface area contributed by atoms with Crippen LogP contribution in [0.3, 0.4) is 0 Å². The molecule has 10 heteroatoms. The Hall–Kier alpha value is -3.07. The van der Waals surface area contributed by atoms with E-state index in [9.17, 15) is 14.0 Å². The fourth-order valence-corrected chi connectivity index (χ4v) is 3.45. The molecule has 0 radical (unpaired) electrons.